The molecular formula is C15H24N2. The van der Waals surface area contributed by atoms with Crippen molar-refractivity contribution in [2.75, 3.05) is 18.5 Å². The normalized spacial score (nSPS) is 20.8. The summed E-state index contributed by atoms with van der Waals surface area (Å²) >= 11 is 0. The molecule has 0 spiro atoms. The maximum atomic E-state index is 5.95. The molecule has 1 heterocycles. The van der Waals surface area contributed by atoms with Gasteiger partial charge in [-0.25, -0.2) is 0 Å². The molecule has 1 aliphatic heterocycles. The van der Waals surface area contributed by atoms with E-state index in [9.17, 15) is 0 Å². The van der Waals surface area contributed by atoms with Crippen molar-refractivity contribution >= 4 is 5.69 Å². The van der Waals surface area contributed by atoms with Crippen molar-refractivity contribution in [2.45, 2.75) is 45.1 Å². The third-order valence-electron chi connectivity index (χ3n) is 3.72. The summed E-state index contributed by atoms with van der Waals surface area (Å²) < 4.78 is 0. The van der Waals surface area contributed by atoms with Gasteiger partial charge < -0.3 is 10.6 Å². The van der Waals surface area contributed by atoms with Gasteiger partial charge in [0.15, 0.2) is 0 Å². The first-order chi connectivity index (χ1) is 7.99. The molecule has 0 fully saturated rings. The minimum Gasteiger partial charge on any atom is -0.374 e. The van der Waals surface area contributed by atoms with E-state index in [0.717, 1.165) is 13.0 Å². The van der Waals surface area contributed by atoms with Gasteiger partial charge in [0.2, 0.25) is 0 Å². The zero-order valence-corrected chi connectivity index (χ0v) is 11.4. The van der Waals surface area contributed by atoms with Crippen LogP contribution in [0.2, 0.25) is 0 Å². The van der Waals surface area contributed by atoms with Crippen LogP contribution in [0.1, 0.15) is 50.2 Å². The lowest BCUT2D eigenvalue weighted by Gasteiger charge is -2.14. The highest BCUT2D eigenvalue weighted by Crippen LogP contribution is 2.39. The number of nitrogens with two attached hydrogens (primary N) is 1. The van der Waals surface area contributed by atoms with E-state index < -0.39 is 0 Å². The number of rotatable bonds is 3. The SMILES string of the molecule is CC(N)CC1CN(C)c2ccc(C(C)C)cc21. The minimum absolute atomic E-state index is 0.280. The molecule has 1 aromatic rings. The maximum absolute atomic E-state index is 5.95. The van der Waals surface area contributed by atoms with Crippen molar-refractivity contribution in [3.8, 4) is 0 Å². The monoisotopic (exact) mass is 232 g/mol. The van der Waals surface area contributed by atoms with E-state index in [1.807, 2.05) is 0 Å². The fourth-order valence-electron chi connectivity index (χ4n) is 2.78. The summed E-state index contributed by atoms with van der Waals surface area (Å²) in [5.74, 6) is 1.20. The van der Waals surface area contributed by atoms with E-state index in [4.69, 9.17) is 5.73 Å². The first-order valence-electron chi connectivity index (χ1n) is 6.59. The van der Waals surface area contributed by atoms with Gasteiger partial charge in [0, 0.05) is 31.2 Å². The van der Waals surface area contributed by atoms with E-state index in [-0.39, 0.29) is 6.04 Å². The second kappa shape index (κ2) is 4.69. The summed E-state index contributed by atoms with van der Waals surface area (Å²) in [6, 6.07) is 7.19. The van der Waals surface area contributed by atoms with Gasteiger partial charge in [-0.2, -0.15) is 0 Å². The third-order valence-corrected chi connectivity index (χ3v) is 3.72. The highest BCUT2D eigenvalue weighted by molar-refractivity contribution is 5.61. The minimum atomic E-state index is 0.280. The van der Waals surface area contributed by atoms with Crippen molar-refractivity contribution in [1.82, 2.24) is 0 Å². The Labute approximate surface area is 105 Å². The molecule has 2 heteroatoms. The Morgan fingerprint density at radius 2 is 2.06 bits per heavy atom. The molecule has 0 bridgehead atoms. The van der Waals surface area contributed by atoms with E-state index in [0.29, 0.717) is 11.8 Å². The van der Waals surface area contributed by atoms with Crippen LogP contribution >= 0.6 is 0 Å². The van der Waals surface area contributed by atoms with Gasteiger partial charge in [0.05, 0.1) is 0 Å². The Balaban J connectivity index is 2.33. The van der Waals surface area contributed by atoms with Crippen LogP contribution in [0.15, 0.2) is 18.2 Å². The molecule has 0 saturated carbocycles. The van der Waals surface area contributed by atoms with Crippen LogP contribution in [-0.2, 0) is 0 Å². The smallest absolute Gasteiger partial charge is 0.0400 e. The van der Waals surface area contributed by atoms with Crippen LogP contribution in [0.4, 0.5) is 5.69 Å². The maximum Gasteiger partial charge on any atom is 0.0400 e. The zero-order chi connectivity index (χ0) is 12.6. The van der Waals surface area contributed by atoms with Crippen molar-refractivity contribution in [3.05, 3.63) is 29.3 Å². The lowest BCUT2D eigenvalue weighted by atomic mass is 9.91. The van der Waals surface area contributed by atoms with Crippen LogP contribution < -0.4 is 10.6 Å². The molecule has 2 rings (SSSR count). The van der Waals surface area contributed by atoms with Crippen LogP contribution in [0.5, 0.6) is 0 Å². The van der Waals surface area contributed by atoms with E-state index in [1.165, 1.54) is 16.8 Å². The molecule has 1 aliphatic rings. The van der Waals surface area contributed by atoms with Gasteiger partial charge >= 0.3 is 0 Å². The zero-order valence-electron chi connectivity index (χ0n) is 11.4. The van der Waals surface area contributed by atoms with Gasteiger partial charge in [0.1, 0.15) is 0 Å². The summed E-state index contributed by atoms with van der Waals surface area (Å²) in [5.41, 5.74) is 10.3. The lowest BCUT2D eigenvalue weighted by Crippen LogP contribution is -2.22. The number of benzene rings is 1. The molecule has 2 nitrogen and oxygen atoms in total. The Morgan fingerprint density at radius 1 is 1.35 bits per heavy atom. The van der Waals surface area contributed by atoms with E-state index in [1.54, 1.807) is 0 Å². The molecule has 17 heavy (non-hydrogen) atoms. The largest absolute Gasteiger partial charge is 0.374 e. The van der Waals surface area contributed by atoms with Crippen LogP contribution in [-0.4, -0.2) is 19.6 Å². The van der Waals surface area contributed by atoms with E-state index >= 15 is 0 Å². The van der Waals surface area contributed by atoms with Crippen LogP contribution in [0.25, 0.3) is 0 Å². The average molecular weight is 232 g/mol. The van der Waals surface area contributed by atoms with Gasteiger partial charge in [0.25, 0.3) is 0 Å². The lowest BCUT2D eigenvalue weighted by molar-refractivity contribution is 0.572. The molecule has 2 N–H and O–H groups in total. The highest BCUT2D eigenvalue weighted by atomic mass is 15.1. The summed E-state index contributed by atoms with van der Waals surface area (Å²) in [6.07, 6.45) is 1.08. The predicted octanol–water partition coefficient (Wildman–Crippen LogP) is 3.08. The molecule has 0 amide bonds. The summed E-state index contributed by atoms with van der Waals surface area (Å²) in [5, 5.41) is 0. The second-order valence-electron chi connectivity index (χ2n) is 5.76. The summed E-state index contributed by atoms with van der Waals surface area (Å²) in [7, 11) is 2.18. The number of hydrogen-bond donors (Lipinski definition) is 1. The van der Waals surface area contributed by atoms with Crippen LogP contribution in [0.3, 0.4) is 0 Å². The van der Waals surface area contributed by atoms with E-state index in [2.05, 4.69) is 50.9 Å². The molecule has 0 aromatic heterocycles. The predicted molar refractivity (Wildman–Crippen MR) is 74.8 cm³/mol. The highest BCUT2D eigenvalue weighted by Gasteiger charge is 2.27. The molecule has 94 valence electrons. The average Bonchev–Trinajstić information content (AvgIpc) is 2.54. The molecule has 2 unspecified atom stereocenters. The fourth-order valence-corrected chi connectivity index (χ4v) is 2.78. The van der Waals surface area contributed by atoms with Crippen molar-refractivity contribution in [1.29, 1.82) is 0 Å². The number of fused-ring (bicyclic) bond motifs is 1. The Morgan fingerprint density at radius 3 is 2.65 bits per heavy atom. The summed E-state index contributed by atoms with van der Waals surface area (Å²) in [6.45, 7) is 7.71. The number of anilines is 1. The first kappa shape index (κ1) is 12.4. The van der Waals surface area contributed by atoms with Crippen molar-refractivity contribution < 1.29 is 0 Å². The quantitative estimate of drug-likeness (QED) is 0.867. The van der Waals surface area contributed by atoms with Crippen molar-refractivity contribution in [3.63, 3.8) is 0 Å². The first-order valence-corrected chi connectivity index (χ1v) is 6.59. The number of nitrogens with zero attached hydrogens (tertiary/aromatic N) is 1. The van der Waals surface area contributed by atoms with Gasteiger partial charge in [-0.3, -0.25) is 0 Å². The third kappa shape index (κ3) is 2.47. The van der Waals surface area contributed by atoms with Gasteiger partial charge in [-0.05, 0) is 36.5 Å². The standard InChI is InChI=1S/C15H24N2/c1-10(2)12-5-6-15-14(8-12)13(7-11(3)16)9-17(15)4/h5-6,8,10-11,13H,7,9,16H2,1-4H3. The molecule has 0 radical (unpaired) electrons. The molecule has 2 atom stereocenters. The topological polar surface area (TPSA) is 29.3 Å². The molecule has 1 aromatic carbocycles. The Hall–Kier alpha value is -1.02. The van der Waals surface area contributed by atoms with Crippen molar-refractivity contribution in [2.24, 2.45) is 5.73 Å². The molecular weight excluding hydrogens is 208 g/mol. The second-order valence-corrected chi connectivity index (χ2v) is 5.76. The number of likely N-dealkylation sites (N-methyl/N-ethyl adjacent to an activating group) is 1. The Bertz CT molecular complexity index is 394. The Kier molecular flexibility index (Phi) is 3.43. The van der Waals surface area contributed by atoms with Crippen LogP contribution in [0, 0.1) is 0 Å². The van der Waals surface area contributed by atoms with Gasteiger partial charge in [-0.15, -0.1) is 0 Å². The van der Waals surface area contributed by atoms with Gasteiger partial charge in [-0.1, -0.05) is 26.0 Å². The molecule has 0 aliphatic carbocycles. The fraction of sp³-hybridized carbons (Fsp3) is 0.600. The molecule has 0 saturated heterocycles. The summed E-state index contributed by atoms with van der Waals surface area (Å²) in [4.78, 5) is 2.35. The number of hydrogen-bond acceptors (Lipinski definition) is 2.